The first kappa shape index (κ1) is 36.1. The van der Waals surface area contributed by atoms with Crippen molar-refractivity contribution in [2.45, 2.75) is 0 Å². The molecule has 0 spiro atoms. The van der Waals surface area contributed by atoms with Gasteiger partial charge in [0.15, 0.2) is 34.9 Å². The highest BCUT2D eigenvalue weighted by Gasteiger charge is 2.20. The molecular formula is C53H35N7. The summed E-state index contributed by atoms with van der Waals surface area (Å²) in [5.41, 5.74) is 11.5. The van der Waals surface area contributed by atoms with Gasteiger partial charge in [-0.15, -0.1) is 0 Å². The highest BCUT2D eigenvalue weighted by atomic mass is 15.0. The maximum absolute atomic E-state index is 5.13. The molecule has 0 atom stereocenters. The van der Waals surface area contributed by atoms with Gasteiger partial charge in [0.1, 0.15) is 0 Å². The maximum Gasteiger partial charge on any atom is 0.164 e. The quantitative estimate of drug-likeness (QED) is 0.144. The Labute approximate surface area is 347 Å². The van der Waals surface area contributed by atoms with Gasteiger partial charge in [-0.3, -0.25) is 4.98 Å². The fourth-order valence-electron chi connectivity index (χ4n) is 7.34. The van der Waals surface area contributed by atoms with Gasteiger partial charge in [-0.25, -0.2) is 29.9 Å². The summed E-state index contributed by atoms with van der Waals surface area (Å²) in [5.74, 6) is 3.61. The van der Waals surface area contributed by atoms with Gasteiger partial charge in [-0.2, -0.15) is 0 Å². The standard InChI is InChI=1S/C53H35N7/c1-5-17-36(18-6-1)48-55-49(37-19-7-2-8-20-37)58-52(57-48)42-26-15-25-41(33-42)44-31-30-40(43-27-16-32-54-35-43)34-47(44)45-28-13-14-29-46(45)53-59-50(38-21-9-3-10-22-38)56-51(60-53)39-23-11-4-12-24-39/h1-35H. The molecule has 10 aromatic rings. The minimum absolute atomic E-state index is 0.580. The van der Waals surface area contributed by atoms with Gasteiger partial charge in [0.25, 0.3) is 0 Å². The van der Waals surface area contributed by atoms with Crippen LogP contribution in [0.2, 0.25) is 0 Å². The Morgan fingerprint density at radius 3 is 1.13 bits per heavy atom. The van der Waals surface area contributed by atoms with E-state index in [1.165, 1.54) is 0 Å². The SMILES string of the molecule is c1ccc(-c2nc(-c3ccccc3)nc(-c3cccc(-c4ccc(-c5cccnc5)cc4-c4ccccc4-c4nc(-c5ccccc5)nc(-c5ccccc5)n4)c3)n2)cc1. The van der Waals surface area contributed by atoms with Crippen LogP contribution in [0.3, 0.4) is 0 Å². The van der Waals surface area contributed by atoms with Crippen LogP contribution in [0.5, 0.6) is 0 Å². The largest absolute Gasteiger partial charge is 0.264 e. The van der Waals surface area contributed by atoms with Crippen molar-refractivity contribution in [2.24, 2.45) is 0 Å². The van der Waals surface area contributed by atoms with Crippen molar-refractivity contribution < 1.29 is 0 Å². The van der Waals surface area contributed by atoms with Crippen molar-refractivity contribution in [3.63, 3.8) is 0 Å². The first-order chi connectivity index (χ1) is 29.7. The van der Waals surface area contributed by atoms with Crippen LogP contribution in [0.25, 0.3) is 102 Å². The molecule has 0 fully saturated rings. The van der Waals surface area contributed by atoms with E-state index in [1.54, 1.807) is 6.20 Å². The predicted molar refractivity (Wildman–Crippen MR) is 240 cm³/mol. The molecule has 0 unspecified atom stereocenters. The number of benzene rings is 7. The van der Waals surface area contributed by atoms with Crippen molar-refractivity contribution in [3.05, 3.63) is 213 Å². The maximum atomic E-state index is 5.13. The van der Waals surface area contributed by atoms with Gasteiger partial charge in [0.05, 0.1) is 0 Å². The van der Waals surface area contributed by atoms with E-state index in [0.29, 0.717) is 34.9 Å². The third kappa shape index (κ3) is 7.46. The lowest BCUT2D eigenvalue weighted by Gasteiger charge is -2.17. The zero-order chi connectivity index (χ0) is 40.1. The van der Waals surface area contributed by atoms with Crippen LogP contribution < -0.4 is 0 Å². The summed E-state index contributed by atoms with van der Waals surface area (Å²) >= 11 is 0. The number of aromatic nitrogens is 7. The van der Waals surface area contributed by atoms with Crippen molar-refractivity contribution in [1.29, 1.82) is 0 Å². The summed E-state index contributed by atoms with van der Waals surface area (Å²) in [6.45, 7) is 0. The molecule has 7 heteroatoms. The van der Waals surface area contributed by atoms with Gasteiger partial charge in [-0.05, 0) is 46.0 Å². The molecule has 3 aromatic heterocycles. The molecule has 0 saturated carbocycles. The molecule has 0 amide bonds. The summed E-state index contributed by atoms with van der Waals surface area (Å²) in [4.78, 5) is 34.7. The van der Waals surface area contributed by atoms with Crippen LogP contribution >= 0.6 is 0 Å². The molecule has 0 saturated heterocycles. The summed E-state index contributed by atoms with van der Waals surface area (Å²) in [5, 5.41) is 0. The molecule has 3 heterocycles. The van der Waals surface area contributed by atoms with Crippen LogP contribution in [0, 0.1) is 0 Å². The van der Waals surface area contributed by atoms with E-state index in [2.05, 4.69) is 71.7 Å². The van der Waals surface area contributed by atoms with E-state index in [9.17, 15) is 0 Å². The molecular weight excluding hydrogens is 735 g/mol. The predicted octanol–water partition coefficient (Wildman–Crippen LogP) is 12.5. The summed E-state index contributed by atoms with van der Waals surface area (Å²) < 4.78 is 0. The molecule has 0 radical (unpaired) electrons. The lowest BCUT2D eigenvalue weighted by Crippen LogP contribution is -2.01. The number of rotatable bonds is 9. The Hall–Kier alpha value is -8.29. The van der Waals surface area contributed by atoms with E-state index < -0.39 is 0 Å². The topological polar surface area (TPSA) is 90.2 Å². The number of pyridine rings is 1. The van der Waals surface area contributed by atoms with E-state index in [0.717, 1.165) is 66.8 Å². The lowest BCUT2D eigenvalue weighted by molar-refractivity contribution is 1.07. The molecule has 10 rings (SSSR count). The Balaban J connectivity index is 1.16. The van der Waals surface area contributed by atoms with E-state index in [1.807, 2.05) is 140 Å². The van der Waals surface area contributed by atoms with Crippen molar-refractivity contribution >= 4 is 0 Å². The van der Waals surface area contributed by atoms with Gasteiger partial charge < -0.3 is 0 Å². The fraction of sp³-hybridized carbons (Fsp3) is 0. The first-order valence-electron chi connectivity index (χ1n) is 19.7. The van der Waals surface area contributed by atoms with Crippen molar-refractivity contribution in [1.82, 2.24) is 34.9 Å². The normalized spacial score (nSPS) is 11.0. The van der Waals surface area contributed by atoms with Gasteiger partial charge >= 0.3 is 0 Å². The Morgan fingerprint density at radius 1 is 0.217 bits per heavy atom. The summed E-state index contributed by atoms with van der Waals surface area (Å²) in [6, 6.07) is 67.5. The smallest absolute Gasteiger partial charge is 0.164 e. The van der Waals surface area contributed by atoms with Crippen LogP contribution in [0.4, 0.5) is 0 Å². The summed E-state index contributed by atoms with van der Waals surface area (Å²) in [7, 11) is 0. The highest BCUT2D eigenvalue weighted by Crippen LogP contribution is 2.41. The van der Waals surface area contributed by atoms with Gasteiger partial charge in [-0.1, -0.05) is 182 Å². The van der Waals surface area contributed by atoms with Crippen LogP contribution in [0.15, 0.2) is 213 Å². The Morgan fingerprint density at radius 2 is 0.633 bits per heavy atom. The number of nitrogens with zero attached hydrogens (tertiary/aromatic N) is 7. The minimum atomic E-state index is 0.580. The van der Waals surface area contributed by atoms with E-state index >= 15 is 0 Å². The number of hydrogen-bond donors (Lipinski definition) is 0. The molecule has 0 N–H and O–H groups in total. The minimum Gasteiger partial charge on any atom is -0.264 e. The van der Waals surface area contributed by atoms with Crippen molar-refractivity contribution in [2.75, 3.05) is 0 Å². The monoisotopic (exact) mass is 769 g/mol. The molecule has 60 heavy (non-hydrogen) atoms. The summed E-state index contributed by atoms with van der Waals surface area (Å²) in [6.07, 6.45) is 3.69. The Kier molecular flexibility index (Phi) is 9.79. The molecule has 7 aromatic carbocycles. The third-order valence-electron chi connectivity index (χ3n) is 10.3. The van der Waals surface area contributed by atoms with Crippen molar-refractivity contribution in [3.8, 4) is 102 Å². The van der Waals surface area contributed by atoms with Crippen LogP contribution in [-0.2, 0) is 0 Å². The average Bonchev–Trinajstić information content (AvgIpc) is 3.35. The molecule has 7 nitrogen and oxygen atoms in total. The third-order valence-corrected chi connectivity index (χ3v) is 10.3. The molecule has 0 aliphatic carbocycles. The zero-order valence-electron chi connectivity index (χ0n) is 32.3. The average molecular weight is 770 g/mol. The zero-order valence-corrected chi connectivity index (χ0v) is 32.3. The number of hydrogen-bond acceptors (Lipinski definition) is 7. The first-order valence-corrected chi connectivity index (χ1v) is 19.7. The molecule has 0 aliphatic heterocycles. The second kappa shape index (κ2) is 16.3. The van der Waals surface area contributed by atoms with Gasteiger partial charge in [0.2, 0.25) is 0 Å². The van der Waals surface area contributed by atoms with E-state index in [4.69, 9.17) is 29.9 Å². The van der Waals surface area contributed by atoms with Gasteiger partial charge in [0, 0.05) is 51.3 Å². The van der Waals surface area contributed by atoms with Crippen LogP contribution in [-0.4, -0.2) is 34.9 Å². The molecule has 0 aliphatic rings. The fourth-order valence-corrected chi connectivity index (χ4v) is 7.34. The lowest BCUT2D eigenvalue weighted by atomic mass is 9.88. The Bertz CT molecular complexity index is 2950. The molecule has 282 valence electrons. The van der Waals surface area contributed by atoms with E-state index in [-0.39, 0.29) is 0 Å². The second-order valence-electron chi connectivity index (χ2n) is 14.2. The highest BCUT2D eigenvalue weighted by molar-refractivity contribution is 5.93. The second-order valence-corrected chi connectivity index (χ2v) is 14.2. The van der Waals surface area contributed by atoms with Crippen LogP contribution in [0.1, 0.15) is 0 Å². The molecule has 0 bridgehead atoms.